The minimum atomic E-state index is -0.886. The summed E-state index contributed by atoms with van der Waals surface area (Å²) in [6.07, 6.45) is 4.83. The van der Waals surface area contributed by atoms with E-state index >= 15 is 0 Å². The maximum Gasteiger partial charge on any atom is 0.252 e. The van der Waals surface area contributed by atoms with Crippen molar-refractivity contribution in [1.82, 2.24) is 10.3 Å². The van der Waals surface area contributed by atoms with Gasteiger partial charge in [0.15, 0.2) is 0 Å². The Balaban J connectivity index is 2.70. The number of nitro groups is 1. The molecule has 0 saturated carbocycles. The molecular weight excluding hydrogens is 288 g/mol. The van der Waals surface area contributed by atoms with Crippen molar-refractivity contribution in [2.45, 2.75) is 32.4 Å². The molecule has 0 bridgehead atoms. The van der Waals surface area contributed by atoms with Crippen LogP contribution < -0.4 is 5.32 Å². The first kappa shape index (κ1) is 17.4. The quantitative estimate of drug-likeness (QED) is 0.341. The van der Waals surface area contributed by atoms with Gasteiger partial charge < -0.3 is 5.32 Å². The molecule has 118 valence electrons. The van der Waals surface area contributed by atoms with Crippen LogP contribution in [0.3, 0.4) is 0 Å². The van der Waals surface area contributed by atoms with Gasteiger partial charge in [0.1, 0.15) is 6.04 Å². The number of carbonyl (C=O) groups is 1. The summed E-state index contributed by atoms with van der Waals surface area (Å²) in [5.41, 5.74) is 0.871. The van der Waals surface area contributed by atoms with Crippen LogP contribution in [0.2, 0.25) is 0 Å². The van der Waals surface area contributed by atoms with Crippen LogP contribution in [0.25, 0.3) is 0 Å². The van der Waals surface area contributed by atoms with Crippen LogP contribution in [0, 0.1) is 15.0 Å². The third kappa shape index (κ3) is 5.04. The van der Waals surface area contributed by atoms with Gasteiger partial charge in [-0.2, -0.15) is 4.91 Å². The van der Waals surface area contributed by atoms with E-state index in [1.807, 2.05) is 0 Å². The van der Waals surface area contributed by atoms with E-state index in [0.717, 1.165) is 0 Å². The minimum Gasteiger partial charge on any atom is -0.349 e. The molecule has 0 aromatic carbocycles. The van der Waals surface area contributed by atoms with E-state index < -0.39 is 17.0 Å². The smallest absolute Gasteiger partial charge is 0.252 e. The minimum absolute atomic E-state index is 0.0227. The SMILES string of the molecule is CC/C(=C\C(CNC(=O)c1cccnc1)N=O)C(C)[N+](=O)[O-]. The molecule has 2 unspecified atom stereocenters. The second-order valence-electron chi connectivity index (χ2n) is 4.68. The molecule has 0 saturated heterocycles. The Morgan fingerprint density at radius 1 is 1.59 bits per heavy atom. The van der Waals surface area contributed by atoms with Crippen LogP contribution in [0.4, 0.5) is 0 Å². The van der Waals surface area contributed by atoms with Crippen molar-refractivity contribution in [1.29, 1.82) is 0 Å². The van der Waals surface area contributed by atoms with Crippen LogP contribution in [0.5, 0.6) is 0 Å². The summed E-state index contributed by atoms with van der Waals surface area (Å²) in [5.74, 6) is -0.379. The summed E-state index contributed by atoms with van der Waals surface area (Å²) in [6.45, 7) is 3.19. The number of nitroso groups, excluding NO2 is 1. The predicted octanol–water partition coefficient (Wildman–Crippen LogP) is 1.95. The molecule has 0 aliphatic heterocycles. The molecule has 2 atom stereocenters. The second kappa shape index (κ2) is 8.60. The highest BCUT2D eigenvalue weighted by Gasteiger charge is 2.20. The fourth-order valence-electron chi connectivity index (χ4n) is 1.86. The van der Waals surface area contributed by atoms with Crippen molar-refractivity contribution in [3.63, 3.8) is 0 Å². The standard InChI is InChI=1S/C14H18N4O4/c1-3-11(10(2)18(21)22)7-13(17-20)9-16-14(19)12-5-4-6-15-8-12/h4-8,10,13H,3,9H2,1-2H3,(H,16,19)/b11-7+. The lowest BCUT2D eigenvalue weighted by molar-refractivity contribution is -0.508. The normalized spacial score (nSPS) is 14.0. The summed E-state index contributed by atoms with van der Waals surface area (Å²) in [4.78, 5) is 36.9. The van der Waals surface area contributed by atoms with Gasteiger partial charge in [-0.15, -0.1) is 0 Å². The molecule has 0 radical (unpaired) electrons. The molecule has 1 amide bonds. The van der Waals surface area contributed by atoms with Crippen LogP contribution in [0.15, 0.2) is 41.4 Å². The van der Waals surface area contributed by atoms with Gasteiger partial charge in [-0.3, -0.25) is 19.9 Å². The van der Waals surface area contributed by atoms with E-state index in [2.05, 4.69) is 15.5 Å². The molecule has 0 spiro atoms. The van der Waals surface area contributed by atoms with Gasteiger partial charge >= 0.3 is 0 Å². The molecule has 1 aromatic heterocycles. The summed E-state index contributed by atoms with van der Waals surface area (Å²) < 4.78 is 0. The highest BCUT2D eigenvalue weighted by atomic mass is 16.6. The number of hydrogen-bond acceptors (Lipinski definition) is 6. The van der Waals surface area contributed by atoms with Crippen molar-refractivity contribution < 1.29 is 9.72 Å². The van der Waals surface area contributed by atoms with Gasteiger partial charge in [-0.25, -0.2) is 0 Å². The van der Waals surface area contributed by atoms with E-state index in [9.17, 15) is 19.8 Å². The third-order valence-electron chi connectivity index (χ3n) is 3.20. The third-order valence-corrected chi connectivity index (χ3v) is 3.20. The van der Waals surface area contributed by atoms with Gasteiger partial charge in [0.05, 0.1) is 5.56 Å². The number of carbonyl (C=O) groups excluding carboxylic acids is 1. The molecule has 1 N–H and O–H groups in total. The Bertz CT molecular complexity index is 559. The molecular formula is C14H18N4O4. The number of aromatic nitrogens is 1. The molecule has 0 aliphatic rings. The average Bonchev–Trinajstić information content (AvgIpc) is 2.55. The van der Waals surface area contributed by atoms with Crippen molar-refractivity contribution in [2.24, 2.45) is 5.18 Å². The molecule has 0 aliphatic carbocycles. The maximum absolute atomic E-state index is 11.8. The van der Waals surface area contributed by atoms with E-state index in [-0.39, 0.29) is 12.5 Å². The molecule has 1 rings (SSSR count). The summed E-state index contributed by atoms with van der Waals surface area (Å²) in [6, 6.07) is 1.48. The fraction of sp³-hybridized carbons (Fsp3) is 0.429. The lowest BCUT2D eigenvalue weighted by atomic mass is 10.0. The molecule has 1 heterocycles. The molecule has 0 fully saturated rings. The van der Waals surface area contributed by atoms with Gasteiger partial charge in [-0.05, 0) is 24.6 Å². The second-order valence-corrected chi connectivity index (χ2v) is 4.68. The average molecular weight is 306 g/mol. The molecule has 1 aromatic rings. The number of nitrogens with zero attached hydrogens (tertiary/aromatic N) is 3. The van der Waals surface area contributed by atoms with E-state index in [1.54, 1.807) is 25.3 Å². The fourth-order valence-corrected chi connectivity index (χ4v) is 1.86. The largest absolute Gasteiger partial charge is 0.349 e. The Labute approximate surface area is 127 Å². The Hall–Kier alpha value is -2.64. The zero-order valence-electron chi connectivity index (χ0n) is 12.4. The van der Waals surface area contributed by atoms with E-state index in [0.29, 0.717) is 17.6 Å². The van der Waals surface area contributed by atoms with Crippen LogP contribution in [0.1, 0.15) is 30.6 Å². The van der Waals surface area contributed by atoms with Crippen LogP contribution in [-0.2, 0) is 0 Å². The van der Waals surface area contributed by atoms with Gasteiger partial charge in [0, 0.05) is 36.4 Å². The Kier molecular flexibility index (Phi) is 6.81. The first-order valence-electron chi connectivity index (χ1n) is 6.84. The number of hydrogen-bond donors (Lipinski definition) is 1. The predicted molar refractivity (Wildman–Crippen MR) is 81.0 cm³/mol. The number of rotatable bonds is 8. The number of amides is 1. The van der Waals surface area contributed by atoms with E-state index in [1.165, 1.54) is 19.2 Å². The van der Waals surface area contributed by atoms with Crippen LogP contribution >= 0.6 is 0 Å². The zero-order valence-corrected chi connectivity index (χ0v) is 12.4. The molecule has 8 nitrogen and oxygen atoms in total. The van der Waals surface area contributed by atoms with Gasteiger partial charge in [-0.1, -0.05) is 12.1 Å². The van der Waals surface area contributed by atoms with Crippen molar-refractivity contribution in [2.75, 3.05) is 6.54 Å². The summed E-state index contributed by atoms with van der Waals surface area (Å²) in [5, 5.41) is 16.3. The Morgan fingerprint density at radius 3 is 2.82 bits per heavy atom. The Morgan fingerprint density at radius 2 is 2.32 bits per heavy atom. The molecule has 8 heteroatoms. The number of pyridine rings is 1. The van der Waals surface area contributed by atoms with Crippen molar-refractivity contribution >= 4 is 5.91 Å². The van der Waals surface area contributed by atoms with E-state index in [4.69, 9.17) is 0 Å². The summed E-state index contributed by atoms with van der Waals surface area (Å²) >= 11 is 0. The lowest BCUT2D eigenvalue weighted by Crippen LogP contribution is -2.31. The maximum atomic E-state index is 11.8. The first-order valence-corrected chi connectivity index (χ1v) is 6.84. The summed E-state index contributed by atoms with van der Waals surface area (Å²) in [7, 11) is 0. The van der Waals surface area contributed by atoms with Crippen molar-refractivity contribution in [3.05, 3.63) is 56.8 Å². The zero-order chi connectivity index (χ0) is 16.5. The topological polar surface area (TPSA) is 115 Å². The highest BCUT2D eigenvalue weighted by Crippen LogP contribution is 2.12. The van der Waals surface area contributed by atoms with Crippen molar-refractivity contribution in [3.8, 4) is 0 Å². The number of nitrogens with one attached hydrogen (secondary N) is 1. The van der Waals surface area contributed by atoms with Gasteiger partial charge in [0.25, 0.3) is 5.91 Å². The lowest BCUT2D eigenvalue weighted by Gasteiger charge is -2.11. The molecule has 22 heavy (non-hydrogen) atoms. The van der Waals surface area contributed by atoms with Gasteiger partial charge in [0.2, 0.25) is 6.04 Å². The monoisotopic (exact) mass is 306 g/mol. The van der Waals surface area contributed by atoms with Crippen LogP contribution in [-0.4, -0.2) is 34.4 Å². The first-order chi connectivity index (χ1) is 10.5. The highest BCUT2D eigenvalue weighted by molar-refractivity contribution is 5.93.